The van der Waals surface area contributed by atoms with E-state index in [1.807, 2.05) is 4.90 Å². The molecule has 0 spiro atoms. The van der Waals surface area contributed by atoms with Crippen molar-refractivity contribution in [3.8, 4) is 0 Å². The first-order valence-corrected chi connectivity index (χ1v) is 10.6. The summed E-state index contributed by atoms with van der Waals surface area (Å²) in [5, 5.41) is -0.121. The van der Waals surface area contributed by atoms with Gasteiger partial charge in [-0.1, -0.05) is 30.3 Å². The van der Waals surface area contributed by atoms with Crippen LogP contribution in [0, 0.1) is 5.82 Å². The van der Waals surface area contributed by atoms with E-state index in [1.165, 1.54) is 24.3 Å². The van der Waals surface area contributed by atoms with Gasteiger partial charge in [-0.05, 0) is 35.9 Å². The van der Waals surface area contributed by atoms with Crippen molar-refractivity contribution in [1.29, 1.82) is 0 Å². The molecule has 6 nitrogen and oxygen atoms in total. The number of halogens is 1. The number of anilines is 1. The molecule has 2 aromatic carbocycles. The number of oxazole rings is 1. The summed E-state index contributed by atoms with van der Waals surface area (Å²) in [5.41, 5.74) is 0.741. The topological polar surface area (TPSA) is 72.6 Å². The maximum Gasteiger partial charge on any atom is 0.236 e. The van der Waals surface area contributed by atoms with Crippen LogP contribution >= 0.6 is 0 Å². The molecule has 0 saturated carbocycles. The minimum Gasteiger partial charge on any atom is -0.420 e. The lowest BCUT2D eigenvalue weighted by molar-refractivity contribution is 0.120. The van der Waals surface area contributed by atoms with Crippen molar-refractivity contribution >= 4 is 27.9 Å². The molecule has 1 aliphatic heterocycles. The zero-order valence-corrected chi connectivity index (χ0v) is 16.3. The van der Waals surface area contributed by atoms with E-state index in [9.17, 15) is 12.8 Å². The van der Waals surface area contributed by atoms with Gasteiger partial charge >= 0.3 is 0 Å². The molecule has 2 heterocycles. The van der Waals surface area contributed by atoms with E-state index in [4.69, 9.17) is 9.15 Å². The first-order valence-electron chi connectivity index (χ1n) is 9.11. The number of morpholine rings is 1. The molecule has 4 rings (SSSR count). The predicted octanol–water partition coefficient (Wildman–Crippen LogP) is 3.65. The van der Waals surface area contributed by atoms with Crippen LogP contribution in [0.2, 0.25) is 0 Å². The molecule has 3 aromatic rings. The lowest BCUT2D eigenvalue weighted by atomic mass is 10.2. The number of nitrogens with zero attached hydrogens (tertiary/aromatic N) is 2. The number of hydrogen-bond donors (Lipinski definition) is 0. The molecule has 0 unspecified atom stereocenters. The van der Waals surface area contributed by atoms with Crippen LogP contribution in [0.15, 0.2) is 68.9 Å². The molecule has 0 aliphatic carbocycles. The predicted molar refractivity (Wildman–Crippen MR) is 107 cm³/mol. The number of hydrogen-bond acceptors (Lipinski definition) is 6. The van der Waals surface area contributed by atoms with Crippen molar-refractivity contribution in [2.75, 3.05) is 31.2 Å². The highest BCUT2D eigenvalue weighted by molar-refractivity contribution is 7.91. The van der Waals surface area contributed by atoms with E-state index in [1.54, 1.807) is 42.5 Å². The fourth-order valence-corrected chi connectivity index (χ4v) is 4.33. The van der Waals surface area contributed by atoms with Gasteiger partial charge in [-0.3, -0.25) is 0 Å². The van der Waals surface area contributed by atoms with Gasteiger partial charge in [0.15, 0.2) is 0 Å². The van der Waals surface area contributed by atoms with E-state index >= 15 is 0 Å². The molecular formula is C21H19FN2O4S. The highest BCUT2D eigenvalue weighted by atomic mass is 32.2. The summed E-state index contributed by atoms with van der Waals surface area (Å²) in [6.07, 6.45) is 3.26. The van der Waals surface area contributed by atoms with Crippen molar-refractivity contribution in [2.24, 2.45) is 0 Å². The standard InChI is InChI=1S/C21H19FN2O4S/c22-17-9-6-16(7-10-17)8-11-19-23-20(21(28-19)24-12-14-27-15-13-24)29(25,26)18-4-2-1-3-5-18/h1-11H,12-15H2. The average Bonchev–Trinajstić information content (AvgIpc) is 3.20. The Labute approximate surface area is 168 Å². The lowest BCUT2D eigenvalue weighted by Gasteiger charge is -2.26. The number of sulfone groups is 1. The SMILES string of the molecule is O=S(=O)(c1ccccc1)c1nc(C=Cc2ccc(F)cc2)oc1N1CCOCC1. The van der Waals surface area contributed by atoms with Crippen molar-refractivity contribution in [1.82, 2.24) is 4.98 Å². The maximum absolute atomic E-state index is 13.2. The third-order valence-electron chi connectivity index (χ3n) is 4.49. The van der Waals surface area contributed by atoms with Crippen molar-refractivity contribution in [2.45, 2.75) is 9.92 Å². The fourth-order valence-electron chi connectivity index (χ4n) is 2.98. The third kappa shape index (κ3) is 4.23. The second-order valence-corrected chi connectivity index (χ2v) is 8.33. The number of benzene rings is 2. The lowest BCUT2D eigenvalue weighted by Crippen LogP contribution is -2.36. The number of rotatable bonds is 5. The normalized spacial score (nSPS) is 15.1. The Morgan fingerprint density at radius 2 is 1.66 bits per heavy atom. The molecule has 1 aromatic heterocycles. The smallest absolute Gasteiger partial charge is 0.236 e. The van der Waals surface area contributed by atoms with Crippen molar-refractivity contribution in [3.05, 3.63) is 71.9 Å². The molecule has 8 heteroatoms. The second kappa shape index (κ2) is 8.18. The van der Waals surface area contributed by atoms with Gasteiger partial charge in [0.05, 0.1) is 18.1 Å². The summed E-state index contributed by atoms with van der Waals surface area (Å²) < 4.78 is 50.6. The van der Waals surface area contributed by atoms with Crippen LogP contribution in [0.3, 0.4) is 0 Å². The Balaban J connectivity index is 1.73. The minimum absolute atomic E-state index is 0.121. The maximum atomic E-state index is 13.2. The molecule has 0 N–H and O–H groups in total. The molecule has 0 amide bonds. The quantitative estimate of drug-likeness (QED) is 0.635. The largest absolute Gasteiger partial charge is 0.420 e. The summed E-state index contributed by atoms with van der Waals surface area (Å²) in [5.74, 6) is 0.0327. The molecule has 1 aliphatic rings. The molecule has 1 fully saturated rings. The fraction of sp³-hybridized carbons (Fsp3) is 0.190. The summed E-state index contributed by atoms with van der Waals surface area (Å²) >= 11 is 0. The third-order valence-corrected chi connectivity index (χ3v) is 6.16. The zero-order chi connectivity index (χ0) is 20.3. The van der Waals surface area contributed by atoms with Gasteiger partial charge in [-0.25, -0.2) is 12.8 Å². The van der Waals surface area contributed by atoms with E-state index in [-0.39, 0.29) is 27.5 Å². The summed E-state index contributed by atoms with van der Waals surface area (Å²) in [7, 11) is -3.86. The van der Waals surface area contributed by atoms with Gasteiger partial charge in [-0.2, -0.15) is 4.98 Å². The Kier molecular flexibility index (Phi) is 5.46. The monoisotopic (exact) mass is 414 g/mol. The van der Waals surface area contributed by atoms with Crippen LogP contribution in [0.5, 0.6) is 0 Å². The Hall–Kier alpha value is -2.97. The van der Waals surface area contributed by atoms with Gasteiger partial charge < -0.3 is 14.1 Å². The number of ether oxygens (including phenoxy) is 1. The number of aromatic nitrogens is 1. The molecule has 0 bridgehead atoms. The average molecular weight is 414 g/mol. The second-order valence-electron chi connectivity index (χ2n) is 6.46. The van der Waals surface area contributed by atoms with E-state index in [0.29, 0.717) is 26.3 Å². The first kappa shape index (κ1) is 19.4. The molecule has 29 heavy (non-hydrogen) atoms. The zero-order valence-electron chi connectivity index (χ0n) is 15.5. The van der Waals surface area contributed by atoms with Crippen molar-refractivity contribution < 1.29 is 22.0 Å². The first-order chi connectivity index (χ1) is 14.0. The van der Waals surface area contributed by atoms with Gasteiger partial charge in [0, 0.05) is 19.2 Å². The van der Waals surface area contributed by atoms with Crippen LogP contribution in [-0.4, -0.2) is 39.7 Å². The molecule has 150 valence electrons. The van der Waals surface area contributed by atoms with Crippen molar-refractivity contribution in [3.63, 3.8) is 0 Å². The highest BCUT2D eigenvalue weighted by Gasteiger charge is 2.31. The van der Waals surface area contributed by atoms with E-state index in [0.717, 1.165) is 5.56 Å². The summed E-state index contributed by atoms with van der Waals surface area (Å²) in [4.78, 5) is 6.24. The van der Waals surface area contributed by atoms with Crippen LogP contribution in [0.1, 0.15) is 11.5 Å². The van der Waals surface area contributed by atoms with Gasteiger partial charge in [0.25, 0.3) is 0 Å². The Morgan fingerprint density at radius 3 is 2.34 bits per heavy atom. The Morgan fingerprint density at radius 1 is 0.966 bits per heavy atom. The van der Waals surface area contributed by atoms with Crippen LogP contribution < -0.4 is 4.90 Å². The van der Waals surface area contributed by atoms with Crippen LogP contribution in [0.25, 0.3) is 12.2 Å². The van der Waals surface area contributed by atoms with Gasteiger partial charge in [-0.15, -0.1) is 0 Å². The van der Waals surface area contributed by atoms with E-state index < -0.39 is 9.84 Å². The summed E-state index contributed by atoms with van der Waals surface area (Å²) in [6.45, 7) is 1.97. The summed E-state index contributed by atoms with van der Waals surface area (Å²) in [6, 6.07) is 14.1. The molecule has 1 saturated heterocycles. The van der Waals surface area contributed by atoms with Gasteiger partial charge in [0.1, 0.15) is 5.82 Å². The molecule has 0 atom stereocenters. The Bertz CT molecular complexity index is 1100. The van der Waals surface area contributed by atoms with Crippen LogP contribution in [0.4, 0.5) is 10.3 Å². The molecule has 0 radical (unpaired) electrons. The highest BCUT2D eigenvalue weighted by Crippen LogP contribution is 2.32. The van der Waals surface area contributed by atoms with E-state index in [2.05, 4.69) is 4.98 Å². The minimum atomic E-state index is -3.86. The molecular weight excluding hydrogens is 395 g/mol. The van der Waals surface area contributed by atoms with Crippen LogP contribution in [-0.2, 0) is 14.6 Å². The van der Waals surface area contributed by atoms with Gasteiger partial charge in [0.2, 0.25) is 26.6 Å².